The Hall–Kier alpha value is -2.57. The van der Waals surface area contributed by atoms with Crippen molar-refractivity contribution in [3.8, 4) is 5.75 Å². The number of hydrogen-bond donors (Lipinski definition) is 1. The number of anilines is 1. The standard InChI is InChI=1S/C21H28N2O5/c1-4-28-20(26)21(9-5-6-10-21)22-19(25)15-12-18(24)23(13-15)16-11-14(2)7-8-17(16)27-3/h7-8,11,15H,4-6,9-10,12-13H2,1-3H3,(H,22,25). The van der Waals surface area contributed by atoms with Crippen LogP contribution >= 0.6 is 0 Å². The third kappa shape index (κ3) is 3.84. The lowest BCUT2D eigenvalue weighted by molar-refractivity contribution is -0.153. The molecule has 28 heavy (non-hydrogen) atoms. The lowest BCUT2D eigenvalue weighted by Crippen LogP contribution is -2.55. The quantitative estimate of drug-likeness (QED) is 0.756. The summed E-state index contributed by atoms with van der Waals surface area (Å²) in [6.07, 6.45) is 3.01. The Morgan fingerprint density at radius 1 is 1.29 bits per heavy atom. The zero-order chi connectivity index (χ0) is 20.3. The number of methoxy groups -OCH3 is 1. The fourth-order valence-electron chi connectivity index (χ4n) is 4.09. The van der Waals surface area contributed by atoms with Crippen molar-refractivity contribution in [3.63, 3.8) is 0 Å². The van der Waals surface area contributed by atoms with Crippen LogP contribution in [0.3, 0.4) is 0 Å². The molecule has 0 bridgehead atoms. The van der Waals surface area contributed by atoms with Crippen LogP contribution in [0.4, 0.5) is 5.69 Å². The molecule has 1 saturated carbocycles. The van der Waals surface area contributed by atoms with E-state index in [1.807, 2.05) is 25.1 Å². The highest BCUT2D eigenvalue weighted by molar-refractivity contribution is 6.02. The zero-order valence-electron chi connectivity index (χ0n) is 16.7. The Balaban J connectivity index is 1.75. The van der Waals surface area contributed by atoms with Crippen molar-refractivity contribution in [1.29, 1.82) is 0 Å². The molecular formula is C21H28N2O5. The van der Waals surface area contributed by atoms with E-state index < -0.39 is 11.5 Å². The van der Waals surface area contributed by atoms with Crippen LogP contribution in [0.15, 0.2) is 18.2 Å². The van der Waals surface area contributed by atoms with Crippen molar-refractivity contribution in [2.45, 2.75) is 51.5 Å². The van der Waals surface area contributed by atoms with E-state index in [4.69, 9.17) is 9.47 Å². The van der Waals surface area contributed by atoms with Gasteiger partial charge >= 0.3 is 5.97 Å². The fourth-order valence-corrected chi connectivity index (χ4v) is 4.09. The van der Waals surface area contributed by atoms with Crippen LogP contribution in [-0.4, -0.2) is 43.6 Å². The molecular weight excluding hydrogens is 360 g/mol. The molecule has 1 aromatic rings. The zero-order valence-corrected chi connectivity index (χ0v) is 16.7. The maximum atomic E-state index is 12.9. The minimum atomic E-state index is -0.954. The molecule has 1 atom stereocenters. The van der Waals surface area contributed by atoms with Gasteiger partial charge in [-0.3, -0.25) is 9.59 Å². The summed E-state index contributed by atoms with van der Waals surface area (Å²) in [4.78, 5) is 39.6. The average molecular weight is 388 g/mol. The van der Waals surface area contributed by atoms with Gasteiger partial charge in [0.05, 0.1) is 25.3 Å². The number of esters is 1. The number of amides is 2. The maximum Gasteiger partial charge on any atom is 0.331 e. The van der Waals surface area contributed by atoms with Crippen LogP contribution in [0, 0.1) is 12.8 Å². The number of nitrogens with zero attached hydrogens (tertiary/aromatic N) is 1. The Morgan fingerprint density at radius 3 is 2.64 bits per heavy atom. The van der Waals surface area contributed by atoms with Gasteiger partial charge in [-0.15, -0.1) is 0 Å². The SMILES string of the molecule is CCOC(=O)C1(NC(=O)C2CC(=O)N(c3cc(C)ccc3OC)C2)CCCC1. The molecule has 2 aliphatic rings. The van der Waals surface area contributed by atoms with E-state index in [0.29, 0.717) is 24.3 Å². The number of ether oxygens (including phenoxy) is 2. The van der Waals surface area contributed by atoms with Gasteiger partial charge in [0.2, 0.25) is 11.8 Å². The molecule has 2 amide bonds. The van der Waals surface area contributed by atoms with E-state index in [1.54, 1.807) is 18.9 Å². The number of nitrogens with one attached hydrogen (secondary N) is 1. The molecule has 3 rings (SSSR count). The highest BCUT2D eigenvalue weighted by Crippen LogP contribution is 2.35. The summed E-state index contributed by atoms with van der Waals surface area (Å²) in [6.45, 7) is 4.24. The summed E-state index contributed by atoms with van der Waals surface area (Å²) < 4.78 is 10.6. The van der Waals surface area contributed by atoms with Crippen molar-refractivity contribution < 1.29 is 23.9 Å². The number of aryl methyl sites for hydroxylation is 1. The van der Waals surface area contributed by atoms with Gasteiger partial charge in [0.1, 0.15) is 11.3 Å². The largest absolute Gasteiger partial charge is 0.495 e. The summed E-state index contributed by atoms with van der Waals surface area (Å²) in [5, 5.41) is 2.93. The topological polar surface area (TPSA) is 84.9 Å². The first-order chi connectivity index (χ1) is 13.4. The minimum absolute atomic E-state index is 0.113. The van der Waals surface area contributed by atoms with Crippen molar-refractivity contribution >= 4 is 23.5 Å². The van der Waals surface area contributed by atoms with Gasteiger partial charge in [0, 0.05) is 13.0 Å². The van der Waals surface area contributed by atoms with Crippen molar-refractivity contribution in [3.05, 3.63) is 23.8 Å². The van der Waals surface area contributed by atoms with Crippen molar-refractivity contribution in [2.75, 3.05) is 25.2 Å². The van der Waals surface area contributed by atoms with Crippen LogP contribution in [0.1, 0.15) is 44.6 Å². The maximum absolute atomic E-state index is 12.9. The normalized spacial score (nSPS) is 20.9. The molecule has 2 fully saturated rings. The van der Waals surface area contributed by atoms with Gasteiger partial charge in [0.15, 0.2) is 0 Å². The number of rotatable bonds is 6. The third-order valence-electron chi connectivity index (χ3n) is 5.61. The number of hydrogen-bond acceptors (Lipinski definition) is 5. The Morgan fingerprint density at radius 2 is 2.00 bits per heavy atom. The van der Waals surface area contributed by atoms with E-state index in [0.717, 1.165) is 18.4 Å². The molecule has 1 heterocycles. The predicted octanol–water partition coefficient (Wildman–Crippen LogP) is 2.35. The summed E-state index contributed by atoms with van der Waals surface area (Å²) in [5.41, 5.74) is 0.720. The average Bonchev–Trinajstić information content (AvgIpc) is 3.29. The second-order valence-corrected chi connectivity index (χ2v) is 7.58. The fraction of sp³-hybridized carbons (Fsp3) is 0.571. The molecule has 0 radical (unpaired) electrons. The molecule has 7 nitrogen and oxygen atoms in total. The van der Waals surface area contributed by atoms with E-state index >= 15 is 0 Å². The van der Waals surface area contributed by atoms with Crippen molar-refractivity contribution in [1.82, 2.24) is 5.32 Å². The second kappa shape index (κ2) is 8.20. The molecule has 1 unspecified atom stereocenters. The van der Waals surface area contributed by atoms with Gasteiger partial charge in [-0.25, -0.2) is 4.79 Å². The van der Waals surface area contributed by atoms with E-state index in [-0.39, 0.29) is 37.4 Å². The van der Waals surface area contributed by atoms with Crippen molar-refractivity contribution in [2.24, 2.45) is 5.92 Å². The molecule has 1 aliphatic heterocycles. The molecule has 0 aromatic heterocycles. The molecule has 7 heteroatoms. The van der Waals surface area contributed by atoms with Crippen LogP contribution in [0.2, 0.25) is 0 Å². The first-order valence-electron chi connectivity index (χ1n) is 9.84. The van der Waals surface area contributed by atoms with Gasteiger partial charge < -0.3 is 19.7 Å². The summed E-state index contributed by atoms with van der Waals surface area (Å²) >= 11 is 0. The molecule has 1 N–H and O–H groups in total. The van der Waals surface area contributed by atoms with E-state index in [1.165, 1.54) is 0 Å². The molecule has 1 aliphatic carbocycles. The van der Waals surface area contributed by atoms with Crippen LogP contribution in [-0.2, 0) is 19.1 Å². The Bertz CT molecular complexity index is 770. The van der Waals surface area contributed by atoms with Crippen LogP contribution in [0.5, 0.6) is 5.75 Å². The molecule has 0 spiro atoms. The second-order valence-electron chi connectivity index (χ2n) is 7.58. The highest BCUT2D eigenvalue weighted by Gasteiger charge is 2.46. The molecule has 1 saturated heterocycles. The van der Waals surface area contributed by atoms with Crippen LogP contribution in [0.25, 0.3) is 0 Å². The summed E-state index contributed by atoms with van der Waals surface area (Å²) in [7, 11) is 1.56. The Kier molecular flexibility index (Phi) is 5.91. The first-order valence-corrected chi connectivity index (χ1v) is 9.84. The highest BCUT2D eigenvalue weighted by atomic mass is 16.5. The number of benzene rings is 1. The van der Waals surface area contributed by atoms with Gasteiger partial charge in [-0.2, -0.15) is 0 Å². The lowest BCUT2D eigenvalue weighted by atomic mass is 9.95. The van der Waals surface area contributed by atoms with Gasteiger partial charge in [-0.1, -0.05) is 18.9 Å². The van der Waals surface area contributed by atoms with Gasteiger partial charge in [0.25, 0.3) is 0 Å². The number of carbonyl (C=O) groups excluding carboxylic acids is 3. The third-order valence-corrected chi connectivity index (χ3v) is 5.61. The van der Waals surface area contributed by atoms with E-state index in [9.17, 15) is 14.4 Å². The smallest absolute Gasteiger partial charge is 0.331 e. The predicted molar refractivity (Wildman–Crippen MR) is 104 cm³/mol. The first kappa shape index (κ1) is 20.2. The summed E-state index contributed by atoms with van der Waals surface area (Å²) in [6, 6.07) is 5.62. The summed E-state index contributed by atoms with van der Waals surface area (Å²) in [5.74, 6) is -0.677. The van der Waals surface area contributed by atoms with E-state index in [2.05, 4.69) is 5.32 Å². The van der Waals surface area contributed by atoms with Gasteiger partial charge in [-0.05, 0) is 44.4 Å². The monoisotopic (exact) mass is 388 g/mol. The van der Waals surface area contributed by atoms with Crippen LogP contribution < -0.4 is 15.0 Å². The number of carbonyl (C=O) groups is 3. The molecule has 1 aromatic carbocycles. The Labute approximate surface area is 165 Å². The lowest BCUT2D eigenvalue weighted by Gasteiger charge is -2.29. The minimum Gasteiger partial charge on any atom is -0.495 e. The molecule has 152 valence electrons.